The average molecular weight is 343 g/mol. The molecule has 19 heavy (non-hydrogen) atoms. The van der Waals surface area contributed by atoms with Gasteiger partial charge in [0.25, 0.3) is 0 Å². The lowest BCUT2D eigenvalue weighted by Gasteiger charge is -2.17. The zero-order chi connectivity index (χ0) is 14.0. The first-order valence-electron chi connectivity index (χ1n) is 5.94. The van der Waals surface area contributed by atoms with Gasteiger partial charge in [-0.15, -0.1) is 0 Å². The molecule has 0 aliphatic carbocycles. The van der Waals surface area contributed by atoms with E-state index in [-0.39, 0.29) is 11.1 Å². The molecule has 100 valence electrons. The quantitative estimate of drug-likeness (QED) is 0.752. The minimum absolute atomic E-state index is 0.0480. The minimum Gasteiger partial charge on any atom is -0.378 e. The van der Waals surface area contributed by atoms with E-state index < -0.39 is 5.82 Å². The standard InChI is InChI=1S/C15H14BrClFN/c1-9-5-12(16)8-13(6-9)19-10(2)11-3-4-15(18)14(17)7-11/h3-8,10,19H,1-2H3. The van der Waals surface area contributed by atoms with Gasteiger partial charge < -0.3 is 5.32 Å². The fraction of sp³-hybridized carbons (Fsp3) is 0.200. The van der Waals surface area contributed by atoms with Crippen LogP contribution in [-0.2, 0) is 0 Å². The number of benzene rings is 2. The van der Waals surface area contributed by atoms with Crippen molar-refractivity contribution in [1.82, 2.24) is 0 Å². The Morgan fingerprint density at radius 1 is 1.21 bits per heavy atom. The van der Waals surface area contributed by atoms with Crippen LogP contribution in [-0.4, -0.2) is 0 Å². The maximum atomic E-state index is 13.1. The molecule has 0 spiro atoms. The number of aryl methyl sites for hydroxylation is 1. The lowest BCUT2D eigenvalue weighted by atomic mass is 10.1. The fourth-order valence-electron chi connectivity index (χ4n) is 1.93. The molecule has 0 radical (unpaired) electrons. The Hall–Kier alpha value is -1.06. The van der Waals surface area contributed by atoms with Gasteiger partial charge in [-0.25, -0.2) is 4.39 Å². The Balaban J connectivity index is 2.20. The van der Waals surface area contributed by atoms with Crippen LogP contribution in [0, 0.1) is 12.7 Å². The molecule has 4 heteroatoms. The van der Waals surface area contributed by atoms with Gasteiger partial charge in [-0.3, -0.25) is 0 Å². The Kier molecular flexibility index (Phi) is 4.48. The highest BCUT2D eigenvalue weighted by atomic mass is 79.9. The van der Waals surface area contributed by atoms with Gasteiger partial charge >= 0.3 is 0 Å². The molecule has 0 aliphatic rings. The Morgan fingerprint density at radius 3 is 2.58 bits per heavy atom. The van der Waals surface area contributed by atoms with Crippen molar-refractivity contribution >= 4 is 33.2 Å². The van der Waals surface area contributed by atoms with E-state index in [0.717, 1.165) is 15.7 Å². The van der Waals surface area contributed by atoms with Crippen LogP contribution in [0.4, 0.5) is 10.1 Å². The van der Waals surface area contributed by atoms with E-state index in [9.17, 15) is 4.39 Å². The van der Waals surface area contributed by atoms with Gasteiger partial charge in [-0.2, -0.15) is 0 Å². The summed E-state index contributed by atoms with van der Waals surface area (Å²) < 4.78 is 14.2. The highest BCUT2D eigenvalue weighted by Crippen LogP contribution is 2.26. The van der Waals surface area contributed by atoms with Crippen molar-refractivity contribution in [2.45, 2.75) is 19.9 Å². The summed E-state index contributed by atoms with van der Waals surface area (Å²) in [6.45, 7) is 4.05. The molecule has 0 heterocycles. The van der Waals surface area contributed by atoms with Gasteiger partial charge in [0.05, 0.1) is 5.02 Å². The zero-order valence-corrected chi connectivity index (χ0v) is 13.0. The number of nitrogens with one attached hydrogen (secondary N) is 1. The van der Waals surface area contributed by atoms with Crippen molar-refractivity contribution in [2.75, 3.05) is 5.32 Å². The van der Waals surface area contributed by atoms with E-state index in [1.165, 1.54) is 11.6 Å². The highest BCUT2D eigenvalue weighted by Gasteiger charge is 2.08. The third kappa shape index (κ3) is 3.71. The van der Waals surface area contributed by atoms with Gasteiger partial charge in [0.2, 0.25) is 0 Å². The predicted octanol–water partition coefficient (Wildman–Crippen LogP) is 5.72. The van der Waals surface area contributed by atoms with Crippen LogP contribution in [0.25, 0.3) is 0 Å². The molecular weight excluding hydrogens is 329 g/mol. The maximum absolute atomic E-state index is 13.1. The first-order chi connectivity index (χ1) is 8.95. The Bertz CT molecular complexity index is 580. The number of anilines is 1. The molecule has 1 nitrogen and oxygen atoms in total. The molecule has 0 saturated carbocycles. The van der Waals surface area contributed by atoms with E-state index >= 15 is 0 Å². The van der Waals surface area contributed by atoms with Crippen molar-refractivity contribution in [3.8, 4) is 0 Å². The maximum Gasteiger partial charge on any atom is 0.141 e. The molecule has 0 bridgehead atoms. The first kappa shape index (κ1) is 14.4. The van der Waals surface area contributed by atoms with Crippen molar-refractivity contribution in [2.24, 2.45) is 0 Å². The van der Waals surface area contributed by atoms with E-state index in [4.69, 9.17) is 11.6 Å². The monoisotopic (exact) mass is 341 g/mol. The minimum atomic E-state index is -0.393. The van der Waals surface area contributed by atoms with Crippen molar-refractivity contribution in [1.29, 1.82) is 0 Å². The van der Waals surface area contributed by atoms with Gasteiger partial charge in [0.15, 0.2) is 0 Å². The molecular formula is C15H14BrClFN. The molecule has 1 N–H and O–H groups in total. The van der Waals surface area contributed by atoms with Gasteiger partial charge in [0.1, 0.15) is 5.82 Å². The molecule has 0 fully saturated rings. The number of hydrogen-bond acceptors (Lipinski definition) is 1. The third-order valence-electron chi connectivity index (χ3n) is 2.87. The average Bonchev–Trinajstić information content (AvgIpc) is 2.31. The Labute approximate surface area is 125 Å². The molecule has 2 aromatic rings. The van der Waals surface area contributed by atoms with Crippen LogP contribution >= 0.6 is 27.5 Å². The van der Waals surface area contributed by atoms with Crippen LogP contribution in [0.1, 0.15) is 24.1 Å². The molecule has 2 rings (SSSR count). The SMILES string of the molecule is Cc1cc(Br)cc(NC(C)c2ccc(F)c(Cl)c2)c1. The second-order valence-electron chi connectivity index (χ2n) is 4.56. The fourth-order valence-corrected chi connectivity index (χ4v) is 2.73. The van der Waals surface area contributed by atoms with Crippen LogP contribution < -0.4 is 5.32 Å². The molecule has 0 aliphatic heterocycles. The molecule has 2 aromatic carbocycles. The molecule has 0 saturated heterocycles. The van der Waals surface area contributed by atoms with Crippen LogP contribution in [0.3, 0.4) is 0 Å². The summed E-state index contributed by atoms with van der Waals surface area (Å²) in [7, 11) is 0. The van der Waals surface area contributed by atoms with Crippen molar-refractivity contribution in [3.63, 3.8) is 0 Å². The zero-order valence-electron chi connectivity index (χ0n) is 10.7. The molecule has 1 unspecified atom stereocenters. The van der Waals surface area contributed by atoms with E-state index in [0.29, 0.717) is 0 Å². The normalized spacial score (nSPS) is 12.3. The van der Waals surface area contributed by atoms with Crippen LogP contribution in [0.2, 0.25) is 5.02 Å². The number of halogens is 3. The van der Waals surface area contributed by atoms with E-state index in [2.05, 4.69) is 27.3 Å². The summed E-state index contributed by atoms with van der Waals surface area (Å²) in [6, 6.07) is 10.9. The topological polar surface area (TPSA) is 12.0 Å². The first-order valence-corrected chi connectivity index (χ1v) is 7.11. The van der Waals surface area contributed by atoms with Gasteiger partial charge in [-0.05, 0) is 55.3 Å². The summed E-state index contributed by atoms with van der Waals surface area (Å²) >= 11 is 9.27. The number of rotatable bonds is 3. The largest absolute Gasteiger partial charge is 0.378 e. The molecule has 0 amide bonds. The summed E-state index contributed by atoms with van der Waals surface area (Å²) in [5, 5.41) is 3.53. The number of hydrogen-bond donors (Lipinski definition) is 1. The summed E-state index contributed by atoms with van der Waals surface area (Å²) in [4.78, 5) is 0. The van der Waals surface area contributed by atoms with Crippen LogP contribution in [0.5, 0.6) is 0 Å². The second-order valence-corrected chi connectivity index (χ2v) is 5.88. The van der Waals surface area contributed by atoms with E-state index in [1.807, 2.05) is 26.0 Å². The highest BCUT2D eigenvalue weighted by molar-refractivity contribution is 9.10. The molecule has 1 atom stereocenters. The summed E-state index contributed by atoms with van der Waals surface area (Å²) in [5.41, 5.74) is 3.13. The second kappa shape index (κ2) is 5.93. The Morgan fingerprint density at radius 2 is 1.95 bits per heavy atom. The third-order valence-corrected chi connectivity index (χ3v) is 3.62. The lowest BCUT2D eigenvalue weighted by molar-refractivity contribution is 0.627. The predicted molar refractivity (Wildman–Crippen MR) is 82.3 cm³/mol. The van der Waals surface area contributed by atoms with E-state index in [1.54, 1.807) is 12.1 Å². The van der Waals surface area contributed by atoms with Crippen molar-refractivity contribution < 1.29 is 4.39 Å². The van der Waals surface area contributed by atoms with Crippen molar-refractivity contribution in [3.05, 3.63) is 62.8 Å². The van der Waals surface area contributed by atoms with Crippen LogP contribution in [0.15, 0.2) is 40.9 Å². The van der Waals surface area contributed by atoms with Gasteiger partial charge in [-0.1, -0.05) is 33.6 Å². The lowest BCUT2D eigenvalue weighted by Crippen LogP contribution is -2.07. The summed E-state index contributed by atoms with van der Waals surface area (Å²) in [5.74, 6) is -0.393. The molecule has 0 aromatic heterocycles. The summed E-state index contributed by atoms with van der Waals surface area (Å²) in [6.07, 6.45) is 0. The van der Waals surface area contributed by atoms with Gasteiger partial charge in [0, 0.05) is 16.2 Å². The smallest absolute Gasteiger partial charge is 0.141 e.